The number of hydrogen-bond acceptors (Lipinski definition) is 2. The molecule has 2 heterocycles. The lowest BCUT2D eigenvalue weighted by atomic mass is 9.97. The van der Waals surface area contributed by atoms with E-state index in [0.717, 1.165) is 29.0 Å². The molecule has 4 heteroatoms. The summed E-state index contributed by atoms with van der Waals surface area (Å²) in [5, 5.41) is 3.43. The Morgan fingerprint density at radius 3 is 2.94 bits per heavy atom. The second kappa shape index (κ2) is 3.42. The van der Waals surface area contributed by atoms with Gasteiger partial charge in [0, 0.05) is 28.9 Å². The second-order valence-electron chi connectivity index (χ2n) is 5.23. The minimum absolute atomic E-state index is 0.725. The van der Waals surface area contributed by atoms with Crippen molar-refractivity contribution in [1.82, 2.24) is 14.6 Å². The lowest BCUT2D eigenvalue weighted by Crippen LogP contribution is -2.09. The first kappa shape index (κ1) is 9.83. The van der Waals surface area contributed by atoms with E-state index in [9.17, 15) is 0 Å². The highest BCUT2D eigenvalue weighted by atomic mass is 32.1. The van der Waals surface area contributed by atoms with Crippen molar-refractivity contribution in [2.75, 3.05) is 0 Å². The van der Waals surface area contributed by atoms with Gasteiger partial charge in [-0.1, -0.05) is 12.2 Å². The number of nitrogens with one attached hydrogen (secondary N) is 1. The molecule has 0 spiro atoms. The normalized spacial score (nSPS) is 19.5. The van der Waals surface area contributed by atoms with Crippen molar-refractivity contribution in [3.05, 3.63) is 27.7 Å². The van der Waals surface area contributed by atoms with E-state index in [1.807, 2.05) is 4.52 Å². The van der Waals surface area contributed by atoms with Crippen LogP contribution in [-0.2, 0) is 12.8 Å². The van der Waals surface area contributed by atoms with Crippen LogP contribution in [0.5, 0.6) is 0 Å². The molecule has 1 fully saturated rings. The fourth-order valence-electron chi connectivity index (χ4n) is 2.78. The molecule has 0 bridgehead atoms. The smallest absolute Gasteiger partial charge is 0.154 e. The maximum Gasteiger partial charge on any atom is 0.154 e. The summed E-state index contributed by atoms with van der Waals surface area (Å²) in [7, 11) is 0. The van der Waals surface area contributed by atoms with Crippen LogP contribution in [0.4, 0.5) is 0 Å². The van der Waals surface area contributed by atoms with Gasteiger partial charge in [0.2, 0.25) is 0 Å². The Balaban J connectivity index is 1.99. The van der Waals surface area contributed by atoms with E-state index in [-0.39, 0.29) is 0 Å². The fraction of sp³-hybridized carbons (Fsp3) is 0.538. The van der Waals surface area contributed by atoms with Gasteiger partial charge >= 0.3 is 0 Å². The molecule has 2 aromatic heterocycles. The molecule has 0 unspecified atom stereocenters. The van der Waals surface area contributed by atoms with Gasteiger partial charge in [0.05, 0.1) is 0 Å². The van der Waals surface area contributed by atoms with Crippen LogP contribution in [0.25, 0.3) is 5.65 Å². The van der Waals surface area contributed by atoms with E-state index in [2.05, 4.69) is 11.2 Å². The van der Waals surface area contributed by atoms with Crippen molar-refractivity contribution in [1.29, 1.82) is 0 Å². The molecule has 88 valence electrons. The van der Waals surface area contributed by atoms with Crippen molar-refractivity contribution in [2.24, 2.45) is 0 Å². The minimum atomic E-state index is 0.725. The number of hydrogen-bond donors (Lipinski definition) is 1. The average Bonchev–Trinajstić information content (AvgIpc) is 3.11. The van der Waals surface area contributed by atoms with Crippen LogP contribution in [0.2, 0.25) is 0 Å². The number of aromatic amines is 1. The van der Waals surface area contributed by atoms with Gasteiger partial charge in [0.1, 0.15) is 4.64 Å². The first-order chi connectivity index (χ1) is 8.33. The molecule has 0 radical (unpaired) electrons. The third kappa shape index (κ3) is 1.47. The lowest BCUT2D eigenvalue weighted by molar-refractivity contribution is 0.656. The zero-order chi connectivity index (χ0) is 11.4. The SMILES string of the molecule is S=c1c2c(nc3cc(C4CC4)[nH]n13)CCCC2. The van der Waals surface area contributed by atoms with E-state index in [0.29, 0.717) is 0 Å². The zero-order valence-corrected chi connectivity index (χ0v) is 10.5. The van der Waals surface area contributed by atoms with Gasteiger partial charge in [-0.05, 0) is 38.5 Å². The molecule has 17 heavy (non-hydrogen) atoms. The molecular formula is C13H15N3S. The van der Waals surface area contributed by atoms with E-state index in [4.69, 9.17) is 17.2 Å². The summed E-state index contributed by atoms with van der Waals surface area (Å²) in [4.78, 5) is 4.77. The highest BCUT2D eigenvalue weighted by Crippen LogP contribution is 2.39. The van der Waals surface area contributed by atoms with E-state index >= 15 is 0 Å². The Bertz CT molecular complexity index is 648. The molecule has 0 aliphatic heterocycles. The maximum atomic E-state index is 5.59. The highest BCUT2D eigenvalue weighted by molar-refractivity contribution is 7.71. The van der Waals surface area contributed by atoms with Crippen LogP contribution in [0.1, 0.15) is 48.6 Å². The second-order valence-corrected chi connectivity index (χ2v) is 5.62. The summed E-state index contributed by atoms with van der Waals surface area (Å²) < 4.78 is 2.96. The van der Waals surface area contributed by atoms with Crippen LogP contribution in [0.15, 0.2) is 6.07 Å². The molecule has 2 aliphatic rings. The van der Waals surface area contributed by atoms with Crippen LogP contribution < -0.4 is 0 Å². The van der Waals surface area contributed by atoms with Crippen molar-refractivity contribution < 1.29 is 0 Å². The number of H-pyrrole nitrogens is 1. The van der Waals surface area contributed by atoms with Gasteiger partial charge in [-0.15, -0.1) is 0 Å². The average molecular weight is 245 g/mol. The fourth-order valence-corrected chi connectivity index (χ4v) is 3.14. The van der Waals surface area contributed by atoms with Crippen LogP contribution >= 0.6 is 12.2 Å². The Labute approximate surface area is 105 Å². The summed E-state index contributed by atoms with van der Waals surface area (Å²) >= 11 is 5.59. The van der Waals surface area contributed by atoms with E-state index < -0.39 is 0 Å². The summed E-state index contributed by atoms with van der Waals surface area (Å²) in [5.41, 5.74) is 4.86. The zero-order valence-electron chi connectivity index (χ0n) is 9.70. The first-order valence-electron chi connectivity index (χ1n) is 6.46. The lowest BCUT2D eigenvalue weighted by Gasteiger charge is -2.14. The standard InChI is InChI=1S/C13H15N3S/c17-13-9-3-1-2-4-10(9)14-12-7-11(8-5-6-8)15-16(12)13/h7-8,15H,1-6H2. The Hall–Kier alpha value is -1.16. The van der Waals surface area contributed by atoms with Gasteiger partial charge in [-0.25, -0.2) is 9.50 Å². The number of aromatic nitrogens is 3. The molecule has 0 saturated heterocycles. The van der Waals surface area contributed by atoms with E-state index in [1.54, 1.807) is 0 Å². The summed E-state index contributed by atoms with van der Waals surface area (Å²) in [6, 6.07) is 2.18. The molecule has 2 aliphatic carbocycles. The Morgan fingerprint density at radius 2 is 2.12 bits per heavy atom. The number of aryl methyl sites for hydroxylation is 1. The molecule has 2 aromatic rings. The Morgan fingerprint density at radius 1 is 1.29 bits per heavy atom. The van der Waals surface area contributed by atoms with Crippen molar-refractivity contribution in [3.63, 3.8) is 0 Å². The molecule has 0 atom stereocenters. The van der Waals surface area contributed by atoms with Gasteiger partial charge in [-0.2, -0.15) is 0 Å². The predicted octanol–water partition coefficient (Wildman–Crippen LogP) is 3.15. The first-order valence-corrected chi connectivity index (χ1v) is 6.87. The minimum Gasteiger partial charge on any atom is -0.295 e. The molecule has 0 aromatic carbocycles. The molecule has 3 nitrogen and oxygen atoms in total. The van der Waals surface area contributed by atoms with Crippen LogP contribution in [0.3, 0.4) is 0 Å². The van der Waals surface area contributed by atoms with Crippen LogP contribution in [-0.4, -0.2) is 14.6 Å². The van der Waals surface area contributed by atoms with Gasteiger partial charge in [0.25, 0.3) is 0 Å². The van der Waals surface area contributed by atoms with Gasteiger partial charge < -0.3 is 0 Å². The van der Waals surface area contributed by atoms with Gasteiger partial charge in [0.15, 0.2) is 5.65 Å². The molecule has 4 rings (SSSR count). The van der Waals surface area contributed by atoms with Crippen molar-refractivity contribution in [3.8, 4) is 0 Å². The number of nitrogens with zero attached hydrogens (tertiary/aromatic N) is 2. The molecule has 1 N–H and O–H groups in total. The van der Waals surface area contributed by atoms with Crippen molar-refractivity contribution in [2.45, 2.75) is 44.4 Å². The predicted molar refractivity (Wildman–Crippen MR) is 69.0 cm³/mol. The summed E-state index contributed by atoms with van der Waals surface area (Å²) in [6.45, 7) is 0. The number of rotatable bonds is 1. The van der Waals surface area contributed by atoms with Crippen LogP contribution in [0, 0.1) is 4.64 Å². The topological polar surface area (TPSA) is 33.1 Å². The molecule has 0 amide bonds. The van der Waals surface area contributed by atoms with Crippen molar-refractivity contribution >= 4 is 17.9 Å². The molecular weight excluding hydrogens is 230 g/mol. The monoisotopic (exact) mass is 245 g/mol. The summed E-state index contributed by atoms with van der Waals surface area (Å²) in [6.07, 6.45) is 7.31. The number of fused-ring (bicyclic) bond motifs is 2. The van der Waals surface area contributed by atoms with Gasteiger partial charge in [-0.3, -0.25) is 5.10 Å². The molecule has 1 saturated carbocycles. The third-order valence-electron chi connectivity index (χ3n) is 3.92. The quantitative estimate of drug-likeness (QED) is 0.783. The summed E-state index contributed by atoms with van der Waals surface area (Å²) in [5.74, 6) is 0.725. The largest absolute Gasteiger partial charge is 0.295 e. The van der Waals surface area contributed by atoms with E-state index in [1.165, 1.54) is 42.6 Å². The Kier molecular flexibility index (Phi) is 1.98. The maximum absolute atomic E-state index is 5.59. The third-order valence-corrected chi connectivity index (χ3v) is 4.35. The highest BCUT2D eigenvalue weighted by Gasteiger charge is 2.26.